The van der Waals surface area contributed by atoms with E-state index in [4.69, 9.17) is 0 Å². The van der Waals surface area contributed by atoms with Crippen molar-refractivity contribution in [2.24, 2.45) is 0 Å². The second kappa shape index (κ2) is 8.27. The quantitative estimate of drug-likeness (QED) is 0.793. The zero-order chi connectivity index (χ0) is 15.3. The molecule has 22 heavy (non-hydrogen) atoms. The van der Waals surface area contributed by atoms with Crippen molar-refractivity contribution in [3.8, 4) is 0 Å². The number of hydrogen-bond donors (Lipinski definition) is 2. The fraction of sp³-hybridized carbons (Fsp3) is 0.938. The lowest BCUT2D eigenvalue weighted by molar-refractivity contribution is -0.122. The monoisotopic (exact) mass is 343 g/mol. The molecule has 126 valence electrons. The second-order valence-electron chi connectivity index (χ2n) is 6.74. The number of rotatable bonds is 5. The molecule has 2 saturated heterocycles. The Bertz CT molecular complexity index is 362. The summed E-state index contributed by atoms with van der Waals surface area (Å²) in [6.45, 7) is 4.29. The molecular formula is C16H29N3OS2. The second-order valence-corrected chi connectivity index (χ2v) is 9.11. The van der Waals surface area contributed by atoms with E-state index >= 15 is 0 Å². The third kappa shape index (κ3) is 4.34. The molecule has 1 unspecified atom stereocenters. The Kier molecular flexibility index (Phi) is 6.36. The zero-order valence-electron chi connectivity index (χ0n) is 13.4. The highest BCUT2D eigenvalue weighted by Crippen LogP contribution is 2.36. The molecule has 0 spiro atoms. The summed E-state index contributed by atoms with van der Waals surface area (Å²) in [5.74, 6) is 4.98. The minimum Gasteiger partial charge on any atom is -0.354 e. The lowest BCUT2D eigenvalue weighted by Gasteiger charge is -2.43. The molecule has 0 aromatic heterocycles. The molecule has 0 aromatic rings. The minimum absolute atomic E-state index is 0.234. The Morgan fingerprint density at radius 3 is 2.64 bits per heavy atom. The van der Waals surface area contributed by atoms with Gasteiger partial charge in [-0.15, -0.1) is 0 Å². The first kappa shape index (κ1) is 16.9. The van der Waals surface area contributed by atoms with Crippen LogP contribution in [0.4, 0.5) is 0 Å². The Labute approximate surface area is 142 Å². The summed E-state index contributed by atoms with van der Waals surface area (Å²) >= 11 is 4.02. The fourth-order valence-electron chi connectivity index (χ4n) is 3.99. The molecule has 1 saturated carbocycles. The van der Waals surface area contributed by atoms with Gasteiger partial charge in [0.25, 0.3) is 0 Å². The van der Waals surface area contributed by atoms with Crippen LogP contribution in [-0.4, -0.2) is 71.6 Å². The Balaban J connectivity index is 1.49. The van der Waals surface area contributed by atoms with E-state index < -0.39 is 0 Å². The Morgan fingerprint density at radius 2 is 1.95 bits per heavy atom. The summed E-state index contributed by atoms with van der Waals surface area (Å²) in [5, 5.41) is 6.73. The molecule has 2 N–H and O–H groups in total. The van der Waals surface area contributed by atoms with Crippen molar-refractivity contribution in [3.05, 3.63) is 0 Å². The van der Waals surface area contributed by atoms with Crippen LogP contribution in [0.2, 0.25) is 0 Å². The molecule has 3 fully saturated rings. The number of nitrogens with zero attached hydrogens (tertiary/aromatic N) is 1. The number of amides is 1. The number of hydrogen-bond acceptors (Lipinski definition) is 5. The largest absolute Gasteiger partial charge is 0.354 e. The van der Waals surface area contributed by atoms with Crippen LogP contribution in [0.25, 0.3) is 0 Å². The lowest BCUT2D eigenvalue weighted by atomic mass is 9.94. The van der Waals surface area contributed by atoms with Crippen LogP contribution in [0, 0.1) is 0 Å². The van der Waals surface area contributed by atoms with E-state index in [2.05, 4.69) is 27.3 Å². The van der Waals surface area contributed by atoms with Crippen LogP contribution in [-0.2, 0) is 4.79 Å². The molecule has 0 aromatic carbocycles. The minimum atomic E-state index is 0.234. The van der Waals surface area contributed by atoms with E-state index in [9.17, 15) is 4.79 Å². The van der Waals surface area contributed by atoms with Crippen LogP contribution in [0.1, 0.15) is 32.1 Å². The predicted octanol–water partition coefficient (Wildman–Crippen LogP) is 1.56. The first-order chi connectivity index (χ1) is 10.8. The van der Waals surface area contributed by atoms with Crippen molar-refractivity contribution >= 4 is 29.4 Å². The zero-order valence-corrected chi connectivity index (χ0v) is 15.1. The summed E-state index contributed by atoms with van der Waals surface area (Å²) < 4.78 is 0. The molecule has 2 heterocycles. The van der Waals surface area contributed by atoms with Crippen molar-refractivity contribution in [2.75, 3.05) is 49.2 Å². The van der Waals surface area contributed by atoms with Crippen molar-refractivity contribution < 1.29 is 4.79 Å². The maximum Gasteiger partial charge on any atom is 0.221 e. The highest BCUT2D eigenvalue weighted by atomic mass is 32.2. The fourth-order valence-corrected chi connectivity index (χ4v) is 5.84. The maximum atomic E-state index is 12.3. The average Bonchev–Trinajstić information content (AvgIpc) is 3.05. The molecule has 1 atom stereocenters. The van der Waals surface area contributed by atoms with E-state index in [0.29, 0.717) is 12.5 Å². The molecule has 2 aliphatic heterocycles. The number of carbonyl (C=O) groups excluding carboxylic acids is 1. The number of thioether (sulfide) groups is 2. The number of nitrogens with one attached hydrogen (secondary N) is 2. The molecule has 3 aliphatic rings. The summed E-state index contributed by atoms with van der Waals surface area (Å²) in [6, 6.07) is 0.365. The normalized spacial score (nSPS) is 29.4. The van der Waals surface area contributed by atoms with Gasteiger partial charge in [-0.1, -0.05) is 12.8 Å². The van der Waals surface area contributed by atoms with Gasteiger partial charge < -0.3 is 10.6 Å². The van der Waals surface area contributed by atoms with Crippen LogP contribution >= 0.6 is 23.5 Å². The van der Waals surface area contributed by atoms with Crippen LogP contribution in [0.5, 0.6) is 0 Å². The van der Waals surface area contributed by atoms with Gasteiger partial charge in [0, 0.05) is 67.2 Å². The molecule has 3 rings (SSSR count). The Hall–Kier alpha value is 0.0900. The number of carbonyl (C=O) groups is 1. The van der Waals surface area contributed by atoms with E-state index in [1.807, 2.05) is 11.8 Å². The van der Waals surface area contributed by atoms with E-state index in [1.54, 1.807) is 0 Å². The first-order valence-electron chi connectivity index (χ1n) is 8.69. The third-order valence-corrected chi connectivity index (χ3v) is 7.33. The van der Waals surface area contributed by atoms with Crippen LogP contribution in [0.15, 0.2) is 0 Å². The van der Waals surface area contributed by atoms with Crippen LogP contribution < -0.4 is 10.6 Å². The van der Waals surface area contributed by atoms with Gasteiger partial charge in [-0.25, -0.2) is 0 Å². The van der Waals surface area contributed by atoms with Crippen LogP contribution in [0.3, 0.4) is 0 Å². The van der Waals surface area contributed by atoms with Gasteiger partial charge in [0.15, 0.2) is 0 Å². The van der Waals surface area contributed by atoms with Gasteiger partial charge in [0.2, 0.25) is 5.91 Å². The topological polar surface area (TPSA) is 44.4 Å². The summed E-state index contributed by atoms with van der Waals surface area (Å²) in [6.07, 6.45) is 5.80. The van der Waals surface area contributed by atoms with Gasteiger partial charge in [-0.05, 0) is 12.8 Å². The molecule has 1 aliphatic carbocycles. The molecule has 4 nitrogen and oxygen atoms in total. The van der Waals surface area contributed by atoms with Crippen molar-refractivity contribution in [1.29, 1.82) is 0 Å². The van der Waals surface area contributed by atoms with Crippen molar-refractivity contribution in [1.82, 2.24) is 15.5 Å². The smallest absolute Gasteiger partial charge is 0.221 e. The molecular weight excluding hydrogens is 314 g/mol. The van der Waals surface area contributed by atoms with Crippen molar-refractivity contribution in [3.63, 3.8) is 0 Å². The summed E-state index contributed by atoms with van der Waals surface area (Å²) in [7, 11) is 0. The molecule has 0 bridgehead atoms. The SMILES string of the molecule is O=C(CC1CSCCN1)NCC1(N2CCSCC2)CCCC1. The van der Waals surface area contributed by atoms with Crippen molar-refractivity contribution in [2.45, 2.75) is 43.7 Å². The third-order valence-electron chi connectivity index (χ3n) is 5.26. The molecule has 6 heteroatoms. The van der Waals surface area contributed by atoms with Gasteiger partial charge in [-0.2, -0.15) is 23.5 Å². The molecule has 0 radical (unpaired) electrons. The Morgan fingerprint density at radius 1 is 1.18 bits per heavy atom. The van der Waals surface area contributed by atoms with Gasteiger partial charge in [0.05, 0.1) is 0 Å². The van der Waals surface area contributed by atoms with Gasteiger partial charge in [0.1, 0.15) is 0 Å². The lowest BCUT2D eigenvalue weighted by Crippen LogP contribution is -2.56. The predicted molar refractivity (Wildman–Crippen MR) is 96.8 cm³/mol. The van der Waals surface area contributed by atoms with E-state index in [-0.39, 0.29) is 11.4 Å². The summed E-state index contributed by atoms with van der Waals surface area (Å²) in [4.78, 5) is 15.0. The average molecular weight is 344 g/mol. The highest BCUT2D eigenvalue weighted by Gasteiger charge is 2.40. The van der Waals surface area contributed by atoms with E-state index in [0.717, 1.165) is 18.8 Å². The summed E-state index contributed by atoms with van der Waals surface area (Å²) in [5.41, 5.74) is 0.255. The van der Waals surface area contributed by atoms with Gasteiger partial charge in [-0.3, -0.25) is 9.69 Å². The standard InChI is InChI=1S/C16H29N3OS2/c20-15(11-14-12-22-8-5-17-14)18-13-16(3-1-2-4-16)19-6-9-21-10-7-19/h14,17H,1-13H2,(H,18,20). The highest BCUT2D eigenvalue weighted by molar-refractivity contribution is 7.99. The van der Waals surface area contributed by atoms with Gasteiger partial charge >= 0.3 is 0 Å². The molecule has 1 amide bonds. The maximum absolute atomic E-state index is 12.3. The van der Waals surface area contributed by atoms with E-state index in [1.165, 1.54) is 56.0 Å². The first-order valence-corrected chi connectivity index (χ1v) is 11.0.